The first-order valence-electron chi connectivity index (χ1n) is 10.3. The maximum atomic E-state index is 12.5. The first-order valence-corrected chi connectivity index (χ1v) is 10.3. The second kappa shape index (κ2) is 15.8. The molecule has 8 nitrogen and oxygen atoms in total. The smallest absolute Gasteiger partial charge is 0.242 e. The Morgan fingerprint density at radius 3 is 2.15 bits per heavy atom. The fourth-order valence-corrected chi connectivity index (χ4v) is 2.60. The summed E-state index contributed by atoms with van der Waals surface area (Å²) in [6, 6.07) is -0.202. The molecule has 0 aromatic heterocycles. The number of hydrogen-bond donors (Lipinski definition) is 6. The molecule has 27 heavy (non-hydrogen) atoms. The van der Waals surface area contributed by atoms with Crippen LogP contribution in [0.5, 0.6) is 0 Å². The monoisotopic (exact) mass is 386 g/mol. The lowest BCUT2D eigenvalue weighted by atomic mass is 10.1. The van der Waals surface area contributed by atoms with Crippen molar-refractivity contribution in [3.8, 4) is 0 Å². The van der Waals surface area contributed by atoms with Crippen LogP contribution in [0.4, 0.5) is 0 Å². The van der Waals surface area contributed by atoms with Crippen LogP contribution in [0.15, 0.2) is 0 Å². The van der Waals surface area contributed by atoms with Gasteiger partial charge in [-0.3, -0.25) is 14.9 Å². The second-order valence-corrected chi connectivity index (χ2v) is 7.78. The van der Waals surface area contributed by atoms with Gasteiger partial charge in [0.05, 0.1) is 0 Å². The average molecular weight is 387 g/mol. The van der Waals surface area contributed by atoms with Crippen LogP contribution in [0, 0.1) is 5.92 Å². The number of nitrogens with two attached hydrogens (primary N) is 2. The van der Waals surface area contributed by atoms with E-state index in [0.717, 1.165) is 19.3 Å². The van der Waals surface area contributed by atoms with Crippen molar-refractivity contribution in [2.75, 3.05) is 19.6 Å². The van der Waals surface area contributed by atoms with Crippen molar-refractivity contribution >= 4 is 11.8 Å². The standard InChI is InChI=1S/C19H42N6O2/c1-14(2)8-5-6-11-23-18(27)16(9-7-12-24-19(20)21)25-17(26)10-13-22-15(3)4/h14-16,19,22,24H,5-13,20-21H2,1-4H3,(H,23,27)(H,25,26)/t16-/m1/s1. The van der Waals surface area contributed by atoms with Crippen LogP contribution in [-0.2, 0) is 9.59 Å². The van der Waals surface area contributed by atoms with Gasteiger partial charge in [-0.1, -0.05) is 40.5 Å². The molecule has 0 rings (SSSR count). The number of unbranched alkanes of at least 4 members (excludes halogenated alkanes) is 1. The zero-order valence-corrected chi connectivity index (χ0v) is 17.6. The van der Waals surface area contributed by atoms with Gasteiger partial charge in [0, 0.05) is 25.6 Å². The lowest BCUT2D eigenvalue weighted by Crippen LogP contribution is -2.48. The molecular weight excluding hydrogens is 344 g/mol. The van der Waals surface area contributed by atoms with E-state index >= 15 is 0 Å². The zero-order chi connectivity index (χ0) is 20.7. The lowest BCUT2D eigenvalue weighted by Gasteiger charge is -2.19. The van der Waals surface area contributed by atoms with E-state index in [4.69, 9.17) is 11.5 Å². The van der Waals surface area contributed by atoms with Gasteiger partial charge in [-0.2, -0.15) is 0 Å². The van der Waals surface area contributed by atoms with Crippen LogP contribution in [0.1, 0.15) is 66.2 Å². The highest BCUT2D eigenvalue weighted by Gasteiger charge is 2.20. The van der Waals surface area contributed by atoms with E-state index < -0.39 is 12.3 Å². The third-order valence-electron chi connectivity index (χ3n) is 4.11. The normalized spacial score (nSPS) is 12.6. The summed E-state index contributed by atoms with van der Waals surface area (Å²) in [5.41, 5.74) is 10.9. The Kier molecular flexibility index (Phi) is 15.1. The van der Waals surface area contributed by atoms with Crippen LogP contribution < -0.4 is 32.7 Å². The number of hydrogen-bond acceptors (Lipinski definition) is 6. The van der Waals surface area contributed by atoms with Gasteiger partial charge in [-0.25, -0.2) is 0 Å². The SMILES string of the molecule is CC(C)CCCCNC(=O)[C@@H](CCCNC(N)N)NC(=O)CCNC(C)C. The van der Waals surface area contributed by atoms with Gasteiger partial charge in [0.15, 0.2) is 0 Å². The Labute approximate surface area is 165 Å². The van der Waals surface area contributed by atoms with Crippen molar-refractivity contribution in [3.05, 3.63) is 0 Å². The van der Waals surface area contributed by atoms with Gasteiger partial charge < -0.3 is 27.4 Å². The molecule has 0 unspecified atom stereocenters. The Balaban J connectivity index is 4.35. The van der Waals surface area contributed by atoms with Gasteiger partial charge in [0.25, 0.3) is 0 Å². The van der Waals surface area contributed by atoms with Gasteiger partial charge in [0.2, 0.25) is 11.8 Å². The third kappa shape index (κ3) is 16.7. The molecule has 0 aromatic carbocycles. The topological polar surface area (TPSA) is 134 Å². The van der Waals surface area contributed by atoms with Gasteiger partial charge in [-0.15, -0.1) is 0 Å². The average Bonchev–Trinajstić information content (AvgIpc) is 2.56. The van der Waals surface area contributed by atoms with Crippen LogP contribution >= 0.6 is 0 Å². The van der Waals surface area contributed by atoms with E-state index in [9.17, 15) is 9.59 Å². The fraction of sp³-hybridized carbons (Fsp3) is 0.895. The molecule has 1 atom stereocenters. The first kappa shape index (κ1) is 25.8. The summed E-state index contributed by atoms with van der Waals surface area (Å²) in [5.74, 6) is 0.432. The predicted octanol–water partition coefficient (Wildman–Crippen LogP) is 0.373. The van der Waals surface area contributed by atoms with Crippen molar-refractivity contribution in [1.82, 2.24) is 21.3 Å². The Morgan fingerprint density at radius 1 is 0.852 bits per heavy atom. The van der Waals surface area contributed by atoms with E-state index in [1.54, 1.807) is 0 Å². The Bertz CT molecular complexity index is 402. The zero-order valence-electron chi connectivity index (χ0n) is 17.6. The summed E-state index contributed by atoms with van der Waals surface area (Å²) >= 11 is 0. The molecular formula is C19H42N6O2. The first-order chi connectivity index (χ1) is 12.7. The number of carbonyl (C=O) groups excluding carboxylic acids is 2. The highest BCUT2D eigenvalue weighted by molar-refractivity contribution is 5.87. The predicted molar refractivity (Wildman–Crippen MR) is 111 cm³/mol. The van der Waals surface area contributed by atoms with E-state index in [-0.39, 0.29) is 11.8 Å². The van der Waals surface area contributed by atoms with Crippen molar-refractivity contribution in [3.63, 3.8) is 0 Å². The van der Waals surface area contributed by atoms with Crippen LogP contribution in [0.3, 0.4) is 0 Å². The highest BCUT2D eigenvalue weighted by atomic mass is 16.2. The highest BCUT2D eigenvalue weighted by Crippen LogP contribution is 2.05. The molecule has 0 bridgehead atoms. The summed E-state index contributed by atoms with van der Waals surface area (Å²) in [6.07, 6.45) is 4.21. The van der Waals surface area contributed by atoms with Crippen LogP contribution in [-0.4, -0.2) is 49.8 Å². The minimum atomic E-state index is -0.574. The van der Waals surface area contributed by atoms with Gasteiger partial charge in [-0.05, 0) is 31.7 Å². The quantitative estimate of drug-likeness (QED) is 0.168. The van der Waals surface area contributed by atoms with Gasteiger partial charge in [0.1, 0.15) is 12.3 Å². The summed E-state index contributed by atoms with van der Waals surface area (Å²) in [4.78, 5) is 24.6. The van der Waals surface area contributed by atoms with Crippen molar-refractivity contribution in [2.24, 2.45) is 17.4 Å². The molecule has 0 fully saturated rings. The van der Waals surface area contributed by atoms with Gasteiger partial charge >= 0.3 is 0 Å². The summed E-state index contributed by atoms with van der Waals surface area (Å²) < 4.78 is 0. The van der Waals surface area contributed by atoms with E-state index in [0.29, 0.717) is 50.9 Å². The lowest BCUT2D eigenvalue weighted by molar-refractivity contribution is -0.129. The largest absolute Gasteiger partial charge is 0.354 e. The Hall–Kier alpha value is -1.22. The molecule has 8 N–H and O–H groups in total. The molecule has 2 amide bonds. The van der Waals surface area contributed by atoms with E-state index in [1.165, 1.54) is 0 Å². The van der Waals surface area contributed by atoms with E-state index in [2.05, 4.69) is 35.1 Å². The minimum absolute atomic E-state index is 0.119. The summed E-state index contributed by atoms with van der Waals surface area (Å²) in [6.45, 7) is 10.3. The van der Waals surface area contributed by atoms with Crippen LogP contribution in [0.2, 0.25) is 0 Å². The molecule has 160 valence electrons. The number of carbonyl (C=O) groups is 2. The third-order valence-corrected chi connectivity index (χ3v) is 4.11. The molecule has 0 aromatic rings. The molecule has 0 aliphatic rings. The number of rotatable bonds is 16. The Morgan fingerprint density at radius 2 is 1.56 bits per heavy atom. The maximum Gasteiger partial charge on any atom is 0.242 e. The van der Waals surface area contributed by atoms with Crippen LogP contribution in [0.25, 0.3) is 0 Å². The van der Waals surface area contributed by atoms with Crippen molar-refractivity contribution < 1.29 is 9.59 Å². The fourth-order valence-electron chi connectivity index (χ4n) is 2.60. The summed E-state index contributed by atoms with van der Waals surface area (Å²) in [7, 11) is 0. The maximum absolute atomic E-state index is 12.5. The molecule has 0 radical (unpaired) electrons. The molecule has 0 saturated carbocycles. The molecule has 0 spiro atoms. The minimum Gasteiger partial charge on any atom is -0.354 e. The van der Waals surface area contributed by atoms with Crippen molar-refractivity contribution in [1.29, 1.82) is 0 Å². The molecule has 0 aliphatic heterocycles. The number of amides is 2. The number of nitrogens with one attached hydrogen (secondary N) is 4. The molecule has 0 aliphatic carbocycles. The summed E-state index contributed by atoms with van der Waals surface area (Å²) in [5, 5.41) is 11.9. The van der Waals surface area contributed by atoms with E-state index in [1.807, 2.05) is 13.8 Å². The molecule has 0 heterocycles. The molecule has 0 saturated heterocycles. The molecule has 8 heteroatoms. The van der Waals surface area contributed by atoms with Crippen molar-refractivity contribution in [2.45, 2.75) is 84.6 Å². The second-order valence-electron chi connectivity index (χ2n) is 7.78.